The first-order chi connectivity index (χ1) is 28.3. The largest absolute Gasteiger partial charge is 0.464 e. The van der Waals surface area contributed by atoms with Gasteiger partial charge >= 0.3 is 5.97 Å². The Balaban J connectivity index is 1.17. The Morgan fingerprint density at radius 1 is 1.15 bits per heavy atom. The molecule has 0 spiro atoms. The zero-order valence-corrected chi connectivity index (χ0v) is 36.2. The minimum Gasteiger partial charge on any atom is -0.464 e. The van der Waals surface area contributed by atoms with Gasteiger partial charge in [0.2, 0.25) is 5.91 Å². The first-order valence-electron chi connectivity index (χ1n) is 21.4. The third-order valence-corrected chi connectivity index (χ3v) is 14.3. The smallest absolute Gasteiger partial charge is 0.325 e. The molecule has 2 N–H and O–H groups in total. The van der Waals surface area contributed by atoms with Crippen LogP contribution in [0.2, 0.25) is 0 Å². The fraction of sp³-hybridized carbons (Fsp3) is 0.578. The minimum absolute atomic E-state index is 0.0871. The van der Waals surface area contributed by atoms with Gasteiger partial charge in [-0.15, -0.1) is 11.3 Å². The molecular formula is C45H58N8O5S. The molecule has 14 heteroatoms. The number of aromatic nitrogens is 3. The van der Waals surface area contributed by atoms with E-state index in [2.05, 4.69) is 96.4 Å². The second-order valence-electron chi connectivity index (χ2n) is 18.5. The molecule has 0 unspecified atom stereocenters. The Kier molecular flexibility index (Phi) is 10.6. The number of hydrogen-bond donors (Lipinski definition) is 2. The van der Waals surface area contributed by atoms with Gasteiger partial charge < -0.3 is 29.2 Å². The number of rotatable bonds is 7. The minimum atomic E-state index is -0.819. The van der Waals surface area contributed by atoms with E-state index < -0.39 is 17.5 Å². The SMILES string of the molecule is CCn1c(-c2cc(N3CCN(C)CC3)cnc2[C@H](C)OC)c2c3cc(ccc31)-c1csc(n1)C[C@H](NC(=O)[C@H]1C[C@@H]1C)C(=O)N1C[C@H]3C[C@H]3[C@H](N1)C(=O)OCC(C)(C)C2. The van der Waals surface area contributed by atoms with E-state index in [0.717, 1.165) is 101 Å². The summed E-state index contributed by atoms with van der Waals surface area (Å²) in [6.45, 7) is 15.8. The van der Waals surface area contributed by atoms with Crippen molar-refractivity contribution in [3.63, 3.8) is 0 Å². The number of hydrazine groups is 1. The zero-order chi connectivity index (χ0) is 41.3. The Labute approximate surface area is 350 Å². The van der Waals surface area contributed by atoms with Crippen molar-refractivity contribution in [1.29, 1.82) is 0 Å². The number of thiazole rings is 1. The Bertz CT molecular complexity index is 2280. The summed E-state index contributed by atoms with van der Waals surface area (Å²) in [5.41, 5.74) is 11.0. The molecule has 9 rings (SSSR count). The molecule has 2 aliphatic carbocycles. The highest BCUT2D eigenvalue weighted by Crippen LogP contribution is 2.46. The monoisotopic (exact) mass is 822 g/mol. The number of cyclic esters (lactones) is 1. The summed E-state index contributed by atoms with van der Waals surface area (Å²) in [4.78, 5) is 56.6. The van der Waals surface area contributed by atoms with Gasteiger partial charge in [0.25, 0.3) is 5.91 Å². The summed E-state index contributed by atoms with van der Waals surface area (Å²) in [6, 6.07) is 7.42. The molecule has 2 saturated carbocycles. The fourth-order valence-electron chi connectivity index (χ4n) is 9.50. The molecule has 6 bridgehead atoms. The maximum Gasteiger partial charge on any atom is 0.325 e. The number of ether oxygens (including phenoxy) is 2. The number of carbonyl (C=O) groups is 3. The van der Waals surface area contributed by atoms with Crippen molar-refractivity contribution in [3.05, 3.63) is 52.1 Å². The summed E-state index contributed by atoms with van der Waals surface area (Å²) < 4.78 is 14.6. The number of fused-ring (bicyclic) bond motifs is 8. The lowest BCUT2D eigenvalue weighted by Crippen LogP contribution is -2.61. The van der Waals surface area contributed by atoms with Crippen LogP contribution >= 0.6 is 11.3 Å². The van der Waals surface area contributed by atoms with E-state index in [4.69, 9.17) is 19.4 Å². The lowest BCUT2D eigenvalue weighted by atomic mass is 9.84. The predicted octanol–water partition coefficient (Wildman–Crippen LogP) is 5.47. The first-order valence-corrected chi connectivity index (χ1v) is 22.3. The number of benzene rings is 1. The molecule has 4 fully saturated rings. The molecule has 2 amide bonds. The van der Waals surface area contributed by atoms with Crippen LogP contribution in [-0.2, 0) is 43.2 Å². The Morgan fingerprint density at radius 2 is 1.93 bits per heavy atom. The van der Waals surface area contributed by atoms with E-state index in [1.807, 2.05) is 6.20 Å². The third-order valence-electron chi connectivity index (χ3n) is 13.4. The summed E-state index contributed by atoms with van der Waals surface area (Å²) in [5.74, 6) is -0.172. The van der Waals surface area contributed by atoms with Crippen LogP contribution in [0.3, 0.4) is 0 Å². The molecule has 7 atom stereocenters. The normalized spacial score (nSPS) is 27.5. The molecule has 0 radical (unpaired) electrons. The van der Waals surface area contributed by atoms with E-state index in [-0.39, 0.29) is 54.7 Å². The van der Waals surface area contributed by atoms with Crippen molar-refractivity contribution in [1.82, 2.24) is 35.2 Å². The zero-order valence-electron chi connectivity index (χ0n) is 35.4. The Hall–Kier alpha value is -4.37. The predicted molar refractivity (Wildman–Crippen MR) is 229 cm³/mol. The molecule has 1 aromatic carbocycles. The summed E-state index contributed by atoms with van der Waals surface area (Å²) in [5, 5.41) is 8.57. The maximum absolute atomic E-state index is 14.3. The highest BCUT2D eigenvalue weighted by atomic mass is 32.1. The first kappa shape index (κ1) is 40.1. The van der Waals surface area contributed by atoms with Gasteiger partial charge in [-0.25, -0.2) is 10.4 Å². The van der Waals surface area contributed by atoms with Crippen molar-refractivity contribution in [2.24, 2.45) is 29.1 Å². The number of piperazine rings is 1. The van der Waals surface area contributed by atoms with Crippen LogP contribution in [0.4, 0.5) is 5.69 Å². The summed E-state index contributed by atoms with van der Waals surface area (Å²) in [6.07, 6.45) is 4.29. The summed E-state index contributed by atoms with van der Waals surface area (Å²) >= 11 is 1.50. The summed E-state index contributed by atoms with van der Waals surface area (Å²) in [7, 11) is 3.90. The van der Waals surface area contributed by atoms with Gasteiger partial charge in [-0.05, 0) is 81.7 Å². The number of nitrogens with one attached hydrogen (secondary N) is 2. The van der Waals surface area contributed by atoms with Gasteiger partial charge in [0.1, 0.15) is 12.1 Å². The number of carbonyl (C=O) groups excluding carboxylic acids is 3. The second-order valence-corrected chi connectivity index (χ2v) is 19.4. The standard InChI is InChI=1S/C45H58N8O5S/c1-8-52-37-10-9-27-16-32(37)34(41(52)33-18-29(21-46-39(33)26(3)57-7)51-13-11-50(6)12-14-51)20-45(4,5)24-58-44(56)40-31-17-28(31)22-53(49-40)43(55)35(19-38-47-36(27)23-59-38)48-42(54)30-15-25(30)2/h9-10,16,18,21,23,25-26,28,30-31,35,40,49H,8,11-15,17,19-20,22,24H2,1-7H3,(H,48,54)/t25-,26-,28+,30-,31+,35-,40-/m0/s1. The molecule has 6 heterocycles. The van der Waals surface area contributed by atoms with E-state index in [0.29, 0.717) is 18.9 Å². The third kappa shape index (κ3) is 7.77. The van der Waals surface area contributed by atoms with E-state index >= 15 is 0 Å². The molecule has 13 nitrogen and oxygen atoms in total. The number of amides is 2. The van der Waals surface area contributed by atoms with Crippen molar-refractivity contribution in [2.45, 2.75) is 85.0 Å². The van der Waals surface area contributed by atoms with Crippen LogP contribution in [0.25, 0.3) is 33.4 Å². The van der Waals surface area contributed by atoms with Crippen molar-refractivity contribution < 1.29 is 23.9 Å². The molecule has 3 aromatic heterocycles. The maximum atomic E-state index is 14.3. The van der Waals surface area contributed by atoms with Gasteiger partial charge in [-0.2, -0.15) is 0 Å². The number of methoxy groups -OCH3 is 1. The Morgan fingerprint density at radius 3 is 2.66 bits per heavy atom. The number of hydrogen-bond acceptors (Lipinski definition) is 11. The number of esters is 1. The number of pyridine rings is 1. The number of likely N-dealkylation sites (N-methyl/N-ethyl adjacent to an activating group) is 1. The topological polar surface area (TPSA) is 134 Å². The van der Waals surface area contributed by atoms with Crippen LogP contribution in [0.15, 0.2) is 35.8 Å². The van der Waals surface area contributed by atoms with Gasteiger partial charge in [0.15, 0.2) is 0 Å². The van der Waals surface area contributed by atoms with Crippen LogP contribution in [0, 0.1) is 29.1 Å². The molecule has 3 aliphatic heterocycles. The quantitative estimate of drug-likeness (QED) is 0.232. The number of anilines is 1. The van der Waals surface area contributed by atoms with Crippen LogP contribution in [0.5, 0.6) is 0 Å². The van der Waals surface area contributed by atoms with Crippen molar-refractivity contribution in [3.8, 4) is 22.5 Å². The van der Waals surface area contributed by atoms with Gasteiger partial charge in [-0.3, -0.25) is 24.4 Å². The van der Waals surface area contributed by atoms with Crippen molar-refractivity contribution >= 4 is 45.7 Å². The molecular weight excluding hydrogens is 765 g/mol. The van der Waals surface area contributed by atoms with Gasteiger partial charge in [-0.1, -0.05) is 26.8 Å². The number of nitrogens with zero attached hydrogens (tertiary/aromatic N) is 6. The lowest BCUT2D eigenvalue weighted by Gasteiger charge is -2.35. The van der Waals surface area contributed by atoms with Gasteiger partial charge in [0, 0.05) is 91.5 Å². The van der Waals surface area contributed by atoms with E-state index in [9.17, 15) is 14.4 Å². The molecule has 2 saturated heterocycles. The van der Waals surface area contributed by atoms with Crippen LogP contribution in [-0.4, -0.2) is 108 Å². The molecule has 5 aliphatic rings. The average Bonchev–Trinajstić information content (AvgIpc) is 4.10. The fourth-order valence-corrected chi connectivity index (χ4v) is 10.3. The number of aryl methyl sites for hydroxylation is 1. The van der Waals surface area contributed by atoms with Crippen LogP contribution in [0.1, 0.15) is 69.8 Å². The highest BCUT2D eigenvalue weighted by molar-refractivity contribution is 7.10. The van der Waals surface area contributed by atoms with E-state index in [1.165, 1.54) is 11.3 Å². The highest BCUT2D eigenvalue weighted by Gasteiger charge is 2.53. The van der Waals surface area contributed by atoms with E-state index in [1.54, 1.807) is 12.1 Å². The average molecular weight is 823 g/mol. The molecule has 314 valence electrons. The van der Waals surface area contributed by atoms with Crippen LogP contribution < -0.4 is 15.6 Å². The second kappa shape index (κ2) is 15.6. The lowest BCUT2D eigenvalue weighted by molar-refractivity contribution is -0.156. The van der Waals surface area contributed by atoms with Gasteiger partial charge in [0.05, 0.1) is 46.7 Å². The molecule has 59 heavy (non-hydrogen) atoms. The molecule has 4 aromatic rings. The van der Waals surface area contributed by atoms with Crippen molar-refractivity contribution in [2.75, 3.05) is 58.4 Å².